The normalized spacial score (nSPS) is 10.7. The molecule has 12 heavy (non-hydrogen) atoms. The average molecular weight is 167 g/mol. The topological polar surface area (TPSA) is 43.1 Å². The molecule has 0 unspecified atom stereocenters. The van der Waals surface area contributed by atoms with Gasteiger partial charge in [-0.25, -0.2) is 0 Å². The number of hydrogen-bond acceptors (Lipinski definition) is 3. The van der Waals surface area contributed by atoms with Gasteiger partial charge in [-0.2, -0.15) is 0 Å². The largest absolute Gasteiger partial charge is 0.353 e. The Kier molecular flexibility index (Phi) is 2.63. The zero-order chi connectivity index (χ0) is 9.14. The molecule has 1 rings (SSSR count). The van der Waals surface area contributed by atoms with E-state index < -0.39 is 0 Å². The van der Waals surface area contributed by atoms with Crippen molar-refractivity contribution in [3.05, 3.63) is 17.5 Å². The summed E-state index contributed by atoms with van der Waals surface area (Å²) in [5.74, 6) is 0.697. The first-order valence-electron chi connectivity index (χ1n) is 4.15. The van der Waals surface area contributed by atoms with Gasteiger partial charge in [0.15, 0.2) is 0 Å². The smallest absolute Gasteiger partial charge is 0.202 e. The van der Waals surface area contributed by atoms with Crippen LogP contribution in [0, 0.1) is 0 Å². The molecule has 0 aromatic carbocycles. The molecule has 0 radical (unpaired) electrons. The lowest BCUT2D eigenvalue weighted by molar-refractivity contribution is 0.0952. The fourth-order valence-electron chi connectivity index (χ4n) is 0.867. The number of carbonyl (C=O) groups excluding carboxylic acids is 1. The van der Waals surface area contributed by atoms with E-state index in [1.807, 2.05) is 13.8 Å². The Morgan fingerprint density at radius 2 is 2.33 bits per heavy atom. The van der Waals surface area contributed by atoms with Crippen molar-refractivity contribution in [2.75, 3.05) is 0 Å². The maximum atomic E-state index is 11.1. The van der Waals surface area contributed by atoms with E-state index in [9.17, 15) is 4.79 Å². The van der Waals surface area contributed by atoms with Gasteiger partial charge in [0.1, 0.15) is 0 Å². The molecule has 0 bridgehead atoms. The minimum Gasteiger partial charge on any atom is -0.353 e. The van der Waals surface area contributed by atoms with Crippen LogP contribution >= 0.6 is 0 Å². The molecule has 0 spiro atoms. The van der Waals surface area contributed by atoms with Gasteiger partial charge in [-0.1, -0.05) is 25.9 Å². The molecule has 0 aliphatic rings. The van der Waals surface area contributed by atoms with E-state index in [0.717, 1.165) is 5.69 Å². The van der Waals surface area contributed by atoms with Crippen LogP contribution < -0.4 is 0 Å². The highest BCUT2D eigenvalue weighted by Gasteiger charge is 2.12. The van der Waals surface area contributed by atoms with Gasteiger partial charge in [-0.15, -0.1) is 0 Å². The first-order chi connectivity index (χ1) is 5.65. The minimum atomic E-state index is 0.00870. The number of Topliss-reactive ketones (excluding diaryl/α,β-unsaturated/α-hetero) is 1. The summed E-state index contributed by atoms with van der Waals surface area (Å²) in [4.78, 5) is 11.1. The maximum Gasteiger partial charge on any atom is 0.202 e. The van der Waals surface area contributed by atoms with Crippen LogP contribution in [0.1, 0.15) is 49.4 Å². The number of rotatable bonds is 3. The Labute approximate surface area is 71.7 Å². The van der Waals surface area contributed by atoms with E-state index >= 15 is 0 Å². The number of nitrogens with zero attached hydrogens (tertiary/aromatic N) is 1. The Bertz CT molecular complexity index is 276. The third-order valence-corrected chi connectivity index (χ3v) is 1.72. The van der Waals surface area contributed by atoms with E-state index in [1.54, 1.807) is 13.0 Å². The summed E-state index contributed by atoms with van der Waals surface area (Å²) < 4.78 is 4.88. The van der Waals surface area contributed by atoms with Crippen molar-refractivity contribution in [2.45, 2.75) is 33.1 Å². The predicted octanol–water partition coefficient (Wildman–Crippen LogP) is 2.39. The highest BCUT2D eigenvalue weighted by molar-refractivity contribution is 5.93. The molecule has 1 aromatic rings. The summed E-state index contributed by atoms with van der Waals surface area (Å²) in [6.07, 6.45) is 0.465. The molecule has 0 atom stereocenters. The average Bonchev–Trinajstić information content (AvgIpc) is 2.51. The van der Waals surface area contributed by atoms with Gasteiger partial charge in [-0.05, 0) is 5.92 Å². The second kappa shape index (κ2) is 3.52. The van der Waals surface area contributed by atoms with Crippen molar-refractivity contribution in [1.82, 2.24) is 5.16 Å². The fraction of sp³-hybridized carbons (Fsp3) is 0.556. The lowest BCUT2D eigenvalue weighted by Gasteiger charge is -1.93. The molecule has 3 heteroatoms. The molecule has 0 saturated carbocycles. The molecule has 3 nitrogen and oxygen atoms in total. The number of carbonyl (C=O) groups is 1. The van der Waals surface area contributed by atoms with Crippen LogP contribution in [-0.4, -0.2) is 10.9 Å². The molecule has 1 heterocycles. The minimum absolute atomic E-state index is 0.00870. The lowest BCUT2D eigenvalue weighted by atomic mass is 10.1. The summed E-state index contributed by atoms with van der Waals surface area (Å²) in [6, 6.07) is 1.72. The highest BCUT2D eigenvalue weighted by atomic mass is 16.5. The van der Waals surface area contributed by atoms with Crippen molar-refractivity contribution in [3.8, 4) is 0 Å². The number of ketones is 1. The first-order valence-corrected chi connectivity index (χ1v) is 4.15. The molecular weight excluding hydrogens is 154 g/mol. The summed E-state index contributed by atoms with van der Waals surface area (Å²) in [5, 5.41) is 3.79. The Morgan fingerprint density at radius 1 is 1.67 bits per heavy atom. The first kappa shape index (κ1) is 8.97. The van der Waals surface area contributed by atoms with Crippen LogP contribution in [0.4, 0.5) is 0 Å². The van der Waals surface area contributed by atoms with Gasteiger partial charge in [-0.3, -0.25) is 4.79 Å². The molecule has 0 amide bonds. The maximum absolute atomic E-state index is 11.1. The van der Waals surface area contributed by atoms with Crippen molar-refractivity contribution in [1.29, 1.82) is 0 Å². The van der Waals surface area contributed by atoms with Crippen LogP contribution in [0.5, 0.6) is 0 Å². The monoisotopic (exact) mass is 167 g/mol. The van der Waals surface area contributed by atoms with E-state index in [1.165, 1.54) is 0 Å². The Hall–Kier alpha value is -1.12. The van der Waals surface area contributed by atoms with E-state index in [0.29, 0.717) is 18.1 Å². The van der Waals surface area contributed by atoms with Crippen LogP contribution in [0.25, 0.3) is 0 Å². The van der Waals surface area contributed by atoms with Crippen LogP contribution in [0.3, 0.4) is 0 Å². The third kappa shape index (κ3) is 1.72. The molecule has 0 saturated heterocycles. The SMILES string of the molecule is CCC(=O)c1cc(C(C)C)no1. The molecule has 0 N–H and O–H groups in total. The summed E-state index contributed by atoms with van der Waals surface area (Å²) >= 11 is 0. The summed E-state index contributed by atoms with van der Waals surface area (Å²) in [6.45, 7) is 5.83. The molecule has 66 valence electrons. The van der Waals surface area contributed by atoms with Gasteiger partial charge in [0.05, 0.1) is 5.69 Å². The van der Waals surface area contributed by atoms with Gasteiger partial charge in [0, 0.05) is 12.5 Å². The lowest BCUT2D eigenvalue weighted by Crippen LogP contribution is -1.92. The highest BCUT2D eigenvalue weighted by Crippen LogP contribution is 2.14. The quantitative estimate of drug-likeness (QED) is 0.649. The standard InChI is InChI=1S/C9H13NO2/c1-4-8(11)9-5-7(6(2)3)10-12-9/h5-6H,4H2,1-3H3. The van der Waals surface area contributed by atoms with Gasteiger partial charge in [0.2, 0.25) is 11.5 Å². The third-order valence-electron chi connectivity index (χ3n) is 1.72. The van der Waals surface area contributed by atoms with Crippen LogP contribution in [0.15, 0.2) is 10.6 Å². The van der Waals surface area contributed by atoms with E-state index in [2.05, 4.69) is 5.16 Å². The Morgan fingerprint density at radius 3 is 2.75 bits per heavy atom. The molecule has 1 aromatic heterocycles. The fourth-order valence-corrected chi connectivity index (χ4v) is 0.867. The number of hydrogen-bond donors (Lipinski definition) is 0. The Balaban J connectivity index is 2.84. The number of aromatic nitrogens is 1. The van der Waals surface area contributed by atoms with Gasteiger partial charge in [0.25, 0.3) is 0 Å². The van der Waals surface area contributed by atoms with E-state index in [4.69, 9.17) is 4.52 Å². The second-order valence-electron chi connectivity index (χ2n) is 3.05. The van der Waals surface area contributed by atoms with Crippen molar-refractivity contribution in [2.24, 2.45) is 0 Å². The van der Waals surface area contributed by atoms with Gasteiger partial charge >= 0.3 is 0 Å². The zero-order valence-corrected chi connectivity index (χ0v) is 7.63. The zero-order valence-electron chi connectivity index (χ0n) is 7.63. The summed E-state index contributed by atoms with van der Waals surface area (Å²) in [5.41, 5.74) is 0.840. The molecule has 0 fully saturated rings. The predicted molar refractivity (Wildman–Crippen MR) is 45.2 cm³/mol. The molecular formula is C9H13NO2. The van der Waals surface area contributed by atoms with Crippen molar-refractivity contribution in [3.63, 3.8) is 0 Å². The molecule has 0 aliphatic heterocycles. The second-order valence-corrected chi connectivity index (χ2v) is 3.05. The van der Waals surface area contributed by atoms with Crippen LogP contribution in [-0.2, 0) is 0 Å². The van der Waals surface area contributed by atoms with Crippen molar-refractivity contribution >= 4 is 5.78 Å². The van der Waals surface area contributed by atoms with E-state index in [-0.39, 0.29) is 5.78 Å². The van der Waals surface area contributed by atoms with Crippen molar-refractivity contribution < 1.29 is 9.32 Å². The van der Waals surface area contributed by atoms with Crippen LogP contribution in [0.2, 0.25) is 0 Å². The summed E-state index contributed by atoms with van der Waals surface area (Å²) in [7, 11) is 0. The molecule has 0 aliphatic carbocycles. The van der Waals surface area contributed by atoms with Gasteiger partial charge < -0.3 is 4.52 Å².